The summed E-state index contributed by atoms with van der Waals surface area (Å²) in [5, 5.41) is 5.34. The van der Waals surface area contributed by atoms with Crippen LogP contribution in [0, 0.1) is 6.92 Å². The van der Waals surface area contributed by atoms with E-state index in [9.17, 15) is 9.59 Å². The van der Waals surface area contributed by atoms with Gasteiger partial charge < -0.3 is 20.2 Å². The van der Waals surface area contributed by atoms with Gasteiger partial charge in [0.15, 0.2) is 11.6 Å². The van der Waals surface area contributed by atoms with Crippen LogP contribution in [0.3, 0.4) is 0 Å². The Bertz CT molecular complexity index is 1820. The van der Waals surface area contributed by atoms with E-state index in [1.54, 1.807) is 13.8 Å². The zero-order valence-corrected chi connectivity index (χ0v) is 24.9. The van der Waals surface area contributed by atoms with Crippen LogP contribution in [-0.4, -0.2) is 20.7 Å². The number of anilines is 2. The fraction of sp³-hybridized carbons (Fsp3) is 0.189. The number of rotatable bonds is 5. The largest absolute Gasteiger partial charge is 0.399 e. The third-order valence-corrected chi connectivity index (χ3v) is 7.04. The Morgan fingerprint density at radius 2 is 1.19 bits per heavy atom. The summed E-state index contributed by atoms with van der Waals surface area (Å²) in [5.41, 5.74) is 13.6. The molecule has 43 heavy (non-hydrogen) atoms. The maximum absolute atomic E-state index is 11.7. The average molecular weight is 575 g/mol. The summed E-state index contributed by atoms with van der Waals surface area (Å²) in [6.45, 7) is 6.03. The summed E-state index contributed by atoms with van der Waals surface area (Å²) >= 11 is 0. The molecular formula is C37H42N4O2. The fourth-order valence-corrected chi connectivity index (χ4v) is 4.81. The van der Waals surface area contributed by atoms with Gasteiger partial charge in [0.2, 0.25) is 0 Å². The van der Waals surface area contributed by atoms with Crippen molar-refractivity contribution in [2.24, 2.45) is 14.1 Å². The molecule has 6 aromatic rings. The molecule has 0 unspecified atom stereocenters. The highest BCUT2D eigenvalue weighted by Crippen LogP contribution is 2.25. The second kappa shape index (κ2) is 14.7. The van der Waals surface area contributed by atoms with Crippen molar-refractivity contribution in [3.8, 4) is 0 Å². The Labute approximate surface area is 254 Å². The third-order valence-electron chi connectivity index (χ3n) is 7.04. The summed E-state index contributed by atoms with van der Waals surface area (Å²) < 4.78 is 3.93. The number of aryl methyl sites for hydroxylation is 3. The van der Waals surface area contributed by atoms with Gasteiger partial charge in [0.1, 0.15) is 0 Å². The molecule has 0 spiro atoms. The molecule has 0 bridgehead atoms. The molecule has 4 aromatic carbocycles. The van der Waals surface area contributed by atoms with E-state index in [2.05, 4.69) is 54.7 Å². The Morgan fingerprint density at radius 1 is 0.698 bits per heavy atom. The molecule has 3 N–H and O–H groups in total. The van der Waals surface area contributed by atoms with E-state index >= 15 is 0 Å². The number of nitrogens with two attached hydrogens (primary N) is 1. The van der Waals surface area contributed by atoms with Crippen LogP contribution in [-0.2, 0) is 20.6 Å². The van der Waals surface area contributed by atoms with E-state index in [-0.39, 0.29) is 19.0 Å². The van der Waals surface area contributed by atoms with E-state index in [4.69, 9.17) is 5.73 Å². The first-order valence-electron chi connectivity index (χ1n) is 13.9. The number of ketones is 2. The summed E-state index contributed by atoms with van der Waals surface area (Å²) in [5.74, 6) is 0.169. The molecule has 0 saturated carbocycles. The summed E-state index contributed by atoms with van der Waals surface area (Å²) in [6.07, 6.45) is 3.74. The normalized spacial score (nSPS) is 10.2. The van der Waals surface area contributed by atoms with E-state index in [1.807, 2.05) is 90.2 Å². The number of nitrogen functional groups attached to an aromatic ring is 1. The topological polar surface area (TPSA) is 82.1 Å². The van der Waals surface area contributed by atoms with E-state index < -0.39 is 0 Å². The van der Waals surface area contributed by atoms with Crippen LogP contribution >= 0.6 is 0 Å². The van der Waals surface area contributed by atoms with Crippen molar-refractivity contribution < 1.29 is 9.59 Å². The van der Waals surface area contributed by atoms with Gasteiger partial charge in [-0.25, -0.2) is 0 Å². The quantitative estimate of drug-likeness (QED) is 0.160. The number of aromatic nitrogens is 2. The maximum Gasteiger partial charge on any atom is 0.161 e. The standard InChI is InChI=1S/C18H18N2O.C11H12N2O.C7H8.CH4/c1-13(21)17-12-20(2)18-9-8-15(10-16(17)18)19-11-14-6-4-3-5-7-14;1-7(14)10-6-13(2)11-4-3-8(12)5-9(10)11;1-7-5-3-2-4-6-7;/h3-10,12,19H,11H2,1-2H3;3-6H,12H2,1-2H3;2-6H,1H3;1H4. The number of carbonyl (C=O) groups is 2. The molecule has 6 rings (SSSR count). The van der Waals surface area contributed by atoms with Crippen LogP contribution < -0.4 is 11.1 Å². The molecule has 0 saturated heterocycles. The third kappa shape index (κ3) is 8.23. The lowest BCUT2D eigenvalue weighted by Crippen LogP contribution is -1.99. The number of nitrogens with one attached hydrogen (secondary N) is 1. The Kier molecular flexibility index (Phi) is 11.1. The molecule has 0 aliphatic heterocycles. The van der Waals surface area contributed by atoms with Crippen molar-refractivity contribution in [3.63, 3.8) is 0 Å². The second-order valence-electron chi connectivity index (χ2n) is 10.4. The van der Waals surface area contributed by atoms with Gasteiger partial charge in [-0.2, -0.15) is 0 Å². The van der Waals surface area contributed by atoms with Crippen LogP contribution in [0.4, 0.5) is 11.4 Å². The second-order valence-corrected chi connectivity index (χ2v) is 10.4. The Morgan fingerprint density at radius 3 is 1.67 bits per heavy atom. The lowest BCUT2D eigenvalue weighted by atomic mass is 10.1. The first-order chi connectivity index (χ1) is 20.1. The molecule has 0 amide bonds. The molecule has 0 radical (unpaired) electrons. The molecule has 0 atom stereocenters. The van der Waals surface area contributed by atoms with Gasteiger partial charge in [-0.15, -0.1) is 0 Å². The number of nitrogens with zero attached hydrogens (tertiary/aromatic N) is 2. The molecular weight excluding hydrogens is 532 g/mol. The summed E-state index contributed by atoms with van der Waals surface area (Å²) in [4.78, 5) is 23.1. The van der Waals surface area contributed by atoms with Crippen molar-refractivity contribution in [2.75, 3.05) is 11.1 Å². The highest BCUT2D eigenvalue weighted by molar-refractivity contribution is 6.08. The average Bonchev–Trinajstić information content (AvgIpc) is 3.49. The van der Waals surface area contributed by atoms with Crippen LogP contribution in [0.15, 0.2) is 109 Å². The first kappa shape index (κ1) is 32.4. The van der Waals surface area contributed by atoms with Crippen LogP contribution in [0.1, 0.15) is 53.1 Å². The van der Waals surface area contributed by atoms with Crippen LogP contribution in [0.2, 0.25) is 0 Å². The number of hydrogen-bond donors (Lipinski definition) is 2. The number of carbonyl (C=O) groups excluding carboxylic acids is 2. The molecule has 0 aliphatic carbocycles. The Hall–Kier alpha value is -5.10. The zero-order valence-electron chi connectivity index (χ0n) is 24.9. The van der Waals surface area contributed by atoms with Gasteiger partial charge in [-0.3, -0.25) is 9.59 Å². The minimum absolute atomic E-state index is 0. The Balaban J connectivity index is 0.000000198. The zero-order chi connectivity index (χ0) is 30.2. The van der Waals surface area contributed by atoms with Gasteiger partial charge in [0.05, 0.1) is 0 Å². The fourth-order valence-electron chi connectivity index (χ4n) is 4.81. The van der Waals surface area contributed by atoms with Gasteiger partial charge in [0, 0.05) is 77.3 Å². The predicted octanol–water partition coefficient (Wildman–Crippen LogP) is 8.59. The minimum atomic E-state index is 0. The van der Waals surface area contributed by atoms with Crippen LogP contribution in [0.25, 0.3) is 21.8 Å². The molecule has 0 aliphatic rings. The SMILES string of the molecule is C.CC(=O)c1cn(C)c2ccc(N)cc12.CC(=O)c1cn(C)c2ccc(NCc3ccccc3)cc12.Cc1ccccc1. The molecule has 2 heterocycles. The van der Waals surface area contributed by atoms with Crippen molar-refractivity contribution >= 4 is 44.7 Å². The monoisotopic (exact) mass is 574 g/mol. The van der Waals surface area contributed by atoms with Gasteiger partial charge in [-0.1, -0.05) is 73.7 Å². The number of fused-ring (bicyclic) bond motifs is 2. The first-order valence-corrected chi connectivity index (χ1v) is 13.9. The van der Waals surface area contributed by atoms with Crippen LogP contribution in [0.5, 0.6) is 0 Å². The molecule has 2 aromatic heterocycles. The van der Waals surface area contributed by atoms with E-state index in [0.717, 1.165) is 45.2 Å². The summed E-state index contributed by atoms with van der Waals surface area (Å²) in [7, 11) is 3.89. The van der Waals surface area contributed by atoms with Crippen molar-refractivity contribution in [2.45, 2.75) is 34.7 Å². The van der Waals surface area contributed by atoms with Crippen molar-refractivity contribution in [1.29, 1.82) is 0 Å². The molecule has 0 fully saturated rings. The van der Waals surface area contributed by atoms with Crippen molar-refractivity contribution in [1.82, 2.24) is 9.13 Å². The van der Waals surface area contributed by atoms with Gasteiger partial charge in [-0.05, 0) is 62.7 Å². The predicted molar refractivity (Wildman–Crippen MR) is 182 cm³/mol. The lowest BCUT2D eigenvalue weighted by Gasteiger charge is -2.07. The van der Waals surface area contributed by atoms with E-state index in [0.29, 0.717) is 5.69 Å². The minimum Gasteiger partial charge on any atom is -0.399 e. The number of hydrogen-bond acceptors (Lipinski definition) is 4. The molecule has 222 valence electrons. The number of benzene rings is 4. The smallest absolute Gasteiger partial charge is 0.161 e. The van der Waals surface area contributed by atoms with E-state index in [1.165, 1.54) is 11.1 Å². The molecule has 6 nitrogen and oxygen atoms in total. The molecule has 6 heteroatoms. The highest BCUT2D eigenvalue weighted by atomic mass is 16.1. The number of Topliss-reactive ketones (excluding diaryl/α,β-unsaturated/α-hetero) is 2. The maximum atomic E-state index is 11.7. The summed E-state index contributed by atoms with van der Waals surface area (Å²) in [6, 6.07) is 32.3. The van der Waals surface area contributed by atoms with Crippen molar-refractivity contribution in [3.05, 3.63) is 132 Å². The van der Waals surface area contributed by atoms with Gasteiger partial charge >= 0.3 is 0 Å². The van der Waals surface area contributed by atoms with Gasteiger partial charge in [0.25, 0.3) is 0 Å². The highest BCUT2D eigenvalue weighted by Gasteiger charge is 2.11. The lowest BCUT2D eigenvalue weighted by molar-refractivity contribution is 0.101.